The van der Waals surface area contributed by atoms with Gasteiger partial charge in [0.2, 0.25) is 0 Å². The smallest absolute Gasteiger partial charge is 0.311 e. The van der Waals surface area contributed by atoms with E-state index in [1.165, 1.54) is 0 Å². The van der Waals surface area contributed by atoms with E-state index in [2.05, 4.69) is 9.97 Å². The predicted molar refractivity (Wildman–Crippen MR) is 42.5 cm³/mol. The van der Waals surface area contributed by atoms with Gasteiger partial charge in [0.05, 0.1) is 0 Å². The first-order chi connectivity index (χ1) is 5.58. The van der Waals surface area contributed by atoms with E-state index in [0.717, 1.165) is 0 Å². The third kappa shape index (κ3) is 2.19. The zero-order chi connectivity index (χ0) is 9.14. The molecule has 0 aliphatic heterocycles. The summed E-state index contributed by atoms with van der Waals surface area (Å²) >= 11 is 0. The Morgan fingerprint density at radius 2 is 2.33 bits per heavy atom. The van der Waals surface area contributed by atoms with Crippen LogP contribution in [0, 0.1) is 6.92 Å². The minimum Gasteiger partial charge on any atom is -0.481 e. The number of hydrogen-bond donors (Lipinski definition) is 2. The second-order valence-corrected chi connectivity index (χ2v) is 2.42. The van der Waals surface area contributed by atoms with Crippen molar-refractivity contribution in [3.63, 3.8) is 0 Å². The zero-order valence-electron chi connectivity index (χ0n) is 6.61. The van der Waals surface area contributed by atoms with Gasteiger partial charge in [0.15, 0.2) is 0 Å². The van der Waals surface area contributed by atoms with E-state index in [1.54, 1.807) is 13.0 Å². The highest BCUT2D eigenvalue weighted by molar-refractivity contribution is 5.69. The summed E-state index contributed by atoms with van der Waals surface area (Å²) in [7, 11) is 0. The third-order valence-electron chi connectivity index (χ3n) is 1.23. The third-order valence-corrected chi connectivity index (χ3v) is 1.23. The number of carbonyl (C=O) groups is 1. The monoisotopic (exact) mass is 167 g/mol. The fourth-order valence-corrected chi connectivity index (χ4v) is 0.870. The molecule has 0 amide bonds. The van der Waals surface area contributed by atoms with Crippen LogP contribution in [-0.2, 0) is 11.2 Å². The summed E-state index contributed by atoms with van der Waals surface area (Å²) in [5, 5.41) is 8.43. The van der Waals surface area contributed by atoms with E-state index in [0.29, 0.717) is 11.5 Å². The number of aryl methyl sites for hydroxylation is 1. The quantitative estimate of drug-likeness (QED) is 0.646. The number of nitrogen functional groups attached to an aromatic ring is 1. The molecule has 5 nitrogen and oxygen atoms in total. The highest BCUT2D eigenvalue weighted by Crippen LogP contribution is 2.01. The topological polar surface area (TPSA) is 89.1 Å². The van der Waals surface area contributed by atoms with Crippen LogP contribution < -0.4 is 5.73 Å². The molecule has 12 heavy (non-hydrogen) atoms. The molecular formula is C7H9N3O2. The van der Waals surface area contributed by atoms with E-state index in [9.17, 15) is 4.79 Å². The fourth-order valence-electron chi connectivity index (χ4n) is 0.870. The summed E-state index contributed by atoms with van der Waals surface area (Å²) in [6.45, 7) is 1.74. The number of anilines is 1. The Balaban J connectivity index is 2.93. The normalized spacial score (nSPS) is 9.75. The van der Waals surface area contributed by atoms with Gasteiger partial charge in [-0.15, -0.1) is 0 Å². The second-order valence-electron chi connectivity index (χ2n) is 2.42. The van der Waals surface area contributed by atoms with Gasteiger partial charge < -0.3 is 10.8 Å². The average molecular weight is 167 g/mol. The van der Waals surface area contributed by atoms with Crippen LogP contribution in [0.5, 0.6) is 0 Å². The lowest BCUT2D eigenvalue weighted by Gasteiger charge is -1.99. The molecule has 0 radical (unpaired) electrons. The Hall–Kier alpha value is -1.65. The van der Waals surface area contributed by atoms with Crippen LogP contribution >= 0.6 is 0 Å². The Morgan fingerprint density at radius 1 is 1.67 bits per heavy atom. The van der Waals surface area contributed by atoms with E-state index < -0.39 is 5.97 Å². The van der Waals surface area contributed by atoms with Crippen molar-refractivity contribution >= 4 is 11.8 Å². The first kappa shape index (κ1) is 8.45. The van der Waals surface area contributed by atoms with Gasteiger partial charge in [-0.05, 0) is 6.92 Å². The Kier molecular flexibility index (Phi) is 2.23. The maximum Gasteiger partial charge on any atom is 0.311 e. The van der Waals surface area contributed by atoms with E-state index in [1.807, 2.05) is 0 Å². The SMILES string of the molecule is Cc1cc(N)nc(CC(=O)O)n1. The molecule has 0 aromatic carbocycles. The lowest BCUT2D eigenvalue weighted by atomic mass is 10.3. The number of rotatable bonds is 2. The Bertz CT molecular complexity index is 291. The lowest BCUT2D eigenvalue weighted by molar-refractivity contribution is -0.136. The van der Waals surface area contributed by atoms with Gasteiger partial charge in [-0.2, -0.15) is 0 Å². The van der Waals surface area contributed by atoms with Crippen molar-refractivity contribution in [1.82, 2.24) is 9.97 Å². The lowest BCUT2D eigenvalue weighted by Crippen LogP contribution is -2.07. The fraction of sp³-hybridized carbons (Fsp3) is 0.286. The molecule has 1 aromatic heterocycles. The molecule has 64 valence electrons. The maximum absolute atomic E-state index is 10.3. The van der Waals surface area contributed by atoms with Crippen LogP contribution in [0.4, 0.5) is 5.82 Å². The molecule has 0 unspecified atom stereocenters. The van der Waals surface area contributed by atoms with Gasteiger partial charge in [-0.25, -0.2) is 9.97 Å². The van der Waals surface area contributed by atoms with Crippen LogP contribution in [-0.4, -0.2) is 21.0 Å². The summed E-state index contributed by atoms with van der Waals surface area (Å²) < 4.78 is 0. The molecular weight excluding hydrogens is 158 g/mol. The molecule has 1 aromatic rings. The van der Waals surface area contributed by atoms with Crippen LogP contribution in [0.2, 0.25) is 0 Å². The van der Waals surface area contributed by atoms with Crippen LogP contribution in [0.15, 0.2) is 6.07 Å². The number of aromatic nitrogens is 2. The number of hydrogen-bond acceptors (Lipinski definition) is 4. The number of carboxylic acids is 1. The van der Waals surface area contributed by atoms with Crippen LogP contribution in [0.25, 0.3) is 0 Å². The summed E-state index contributed by atoms with van der Waals surface area (Å²) in [6, 6.07) is 1.59. The highest BCUT2D eigenvalue weighted by atomic mass is 16.4. The molecule has 0 bridgehead atoms. The van der Waals surface area contributed by atoms with Crippen LogP contribution in [0.1, 0.15) is 11.5 Å². The molecule has 0 spiro atoms. The molecule has 0 aliphatic carbocycles. The number of nitrogens with zero attached hydrogens (tertiary/aromatic N) is 2. The van der Waals surface area contributed by atoms with Gasteiger partial charge in [-0.1, -0.05) is 0 Å². The van der Waals surface area contributed by atoms with Crippen LogP contribution in [0.3, 0.4) is 0 Å². The Morgan fingerprint density at radius 3 is 2.83 bits per heavy atom. The highest BCUT2D eigenvalue weighted by Gasteiger charge is 2.04. The Labute approximate surface area is 69.3 Å². The molecule has 1 rings (SSSR count). The standard InChI is InChI=1S/C7H9N3O2/c1-4-2-5(8)10-6(9-4)3-7(11)12/h2H,3H2,1H3,(H,11,12)(H2,8,9,10). The number of carboxylic acid groups (broad SMARTS) is 1. The van der Waals surface area contributed by atoms with Gasteiger partial charge in [0.25, 0.3) is 0 Å². The zero-order valence-corrected chi connectivity index (χ0v) is 6.61. The summed E-state index contributed by atoms with van der Waals surface area (Å²) in [4.78, 5) is 17.9. The van der Waals surface area contributed by atoms with Crippen molar-refractivity contribution in [2.24, 2.45) is 0 Å². The molecule has 0 atom stereocenters. The van der Waals surface area contributed by atoms with Crippen molar-refractivity contribution < 1.29 is 9.90 Å². The minimum atomic E-state index is -0.958. The maximum atomic E-state index is 10.3. The van der Waals surface area contributed by atoms with E-state index >= 15 is 0 Å². The van der Waals surface area contributed by atoms with E-state index in [-0.39, 0.29) is 12.2 Å². The number of nitrogens with two attached hydrogens (primary N) is 1. The molecule has 0 aliphatic rings. The van der Waals surface area contributed by atoms with Crippen molar-refractivity contribution in [1.29, 1.82) is 0 Å². The largest absolute Gasteiger partial charge is 0.481 e. The molecule has 3 N–H and O–H groups in total. The predicted octanol–water partition coefficient (Wildman–Crippen LogP) is -0.00568. The van der Waals surface area contributed by atoms with Crippen molar-refractivity contribution in [3.8, 4) is 0 Å². The van der Waals surface area contributed by atoms with Crippen molar-refractivity contribution in [2.45, 2.75) is 13.3 Å². The second kappa shape index (κ2) is 3.17. The first-order valence-corrected chi connectivity index (χ1v) is 3.40. The van der Waals surface area contributed by atoms with Gasteiger partial charge in [0.1, 0.15) is 18.1 Å². The van der Waals surface area contributed by atoms with Gasteiger partial charge in [0, 0.05) is 11.8 Å². The van der Waals surface area contributed by atoms with Crippen molar-refractivity contribution in [3.05, 3.63) is 17.6 Å². The molecule has 0 saturated heterocycles. The molecule has 0 fully saturated rings. The molecule has 5 heteroatoms. The van der Waals surface area contributed by atoms with Gasteiger partial charge >= 0.3 is 5.97 Å². The summed E-state index contributed by atoms with van der Waals surface area (Å²) in [6.07, 6.45) is -0.189. The summed E-state index contributed by atoms with van der Waals surface area (Å²) in [5.41, 5.74) is 6.07. The molecule has 0 saturated carbocycles. The van der Waals surface area contributed by atoms with Crippen molar-refractivity contribution in [2.75, 3.05) is 5.73 Å². The minimum absolute atomic E-state index is 0.189. The van der Waals surface area contributed by atoms with E-state index in [4.69, 9.17) is 10.8 Å². The van der Waals surface area contributed by atoms with Gasteiger partial charge in [-0.3, -0.25) is 4.79 Å². The molecule has 1 heterocycles. The summed E-state index contributed by atoms with van der Waals surface area (Å²) in [5.74, 6) is -0.404. The number of aliphatic carboxylic acids is 1. The first-order valence-electron chi connectivity index (χ1n) is 3.40. The average Bonchev–Trinajstić information content (AvgIpc) is 1.81.